The Hall–Kier alpha value is -2.67. The van der Waals surface area contributed by atoms with Crippen molar-refractivity contribution in [3.63, 3.8) is 0 Å². The van der Waals surface area contributed by atoms with Crippen LogP contribution < -0.4 is 10.6 Å². The summed E-state index contributed by atoms with van der Waals surface area (Å²) >= 11 is 3.34. The summed E-state index contributed by atoms with van der Waals surface area (Å²) in [5.41, 5.74) is 1.55. The number of urea groups is 1. The monoisotopic (exact) mass is 401 g/mol. The van der Waals surface area contributed by atoms with Gasteiger partial charge in [-0.2, -0.15) is 0 Å². The molecule has 0 atom stereocenters. The molecular weight excluding hydrogens is 386 g/mol. The van der Waals surface area contributed by atoms with Crippen LogP contribution in [0.5, 0.6) is 0 Å². The normalized spacial score (nSPS) is 12.9. The molecule has 0 fully saturated rings. The molecule has 2 N–H and O–H groups in total. The zero-order chi connectivity index (χ0) is 17.8. The maximum atomic E-state index is 12.2. The van der Waals surface area contributed by atoms with Gasteiger partial charge in [-0.15, -0.1) is 0 Å². The number of benzene rings is 2. The van der Waals surface area contributed by atoms with Crippen LogP contribution in [-0.2, 0) is 0 Å². The Morgan fingerprint density at radius 1 is 1.00 bits per heavy atom. The molecule has 1 aliphatic heterocycles. The van der Waals surface area contributed by atoms with E-state index in [0.29, 0.717) is 29.8 Å². The molecule has 6 nitrogen and oxygen atoms in total. The van der Waals surface area contributed by atoms with Gasteiger partial charge in [-0.05, 0) is 36.8 Å². The van der Waals surface area contributed by atoms with E-state index in [4.69, 9.17) is 0 Å². The lowest BCUT2D eigenvalue weighted by molar-refractivity contribution is 0.0653. The third-order valence-corrected chi connectivity index (χ3v) is 4.30. The fraction of sp³-hybridized carbons (Fsp3) is 0.167. The van der Waals surface area contributed by atoms with Crippen molar-refractivity contribution in [2.24, 2.45) is 0 Å². The molecule has 0 spiro atoms. The summed E-state index contributed by atoms with van der Waals surface area (Å²) in [6.45, 7) is 0.622. The van der Waals surface area contributed by atoms with Crippen molar-refractivity contribution in [1.29, 1.82) is 0 Å². The molecule has 0 aromatic heterocycles. The molecule has 2 aromatic carbocycles. The molecule has 0 bridgehead atoms. The van der Waals surface area contributed by atoms with Crippen LogP contribution in [0.25, 0.3) is 0 Å². The number of imide groups is 1. The Morgan fingerprint density at radius 3 is 2.32 bits per heavy atom. The zero-order valence-corrected chi connectivity index (χ0v) is 14.9. The van der Waals surface area contributed by atoms with E-state index in [2.05, 4.69) is 26.6 Å². The lowest BCUT2D eigenvalue weighted by Gasteiger charge is -2.14. The Kier molecular flexibility index (Phi) is 5.14. The van der Waals surface area contributed by atoms with Gasteiger partial charge < -0.3 is 10.6 Å². The van der Waals surface area contributed by atoms with E-state index in [9.17, 15) is 14.4 Å². The molecule has 25 heavy (non-hydrogen) atoms. The molecule has 0 saturated heterocycles. The van der Waals surface area contributed by atoms with Gasteiger partial charge in [-0.25, -0.2) is 4.79 Å². The van der Waals surface area contributed by atoms with Gasteiger partial charge in [0.2, 0.25) is 0 Å². The predicted octanol–water partition coefficient (Wildman–Crippen LogP) is 3.26. The van der Waals surface area contributed by atoms with E-state index in [1.807, 2.05) is 12.1 Å². The average Bonchev–Trinajstić information content (AvgIpc) is 2.84. The molecule has 2 aromatic rings. The van der Waals surface area contributed by atoms with Crippen LogP contribution >= 0.6 is 15.9 Å². The van der Waals surface area contributed by atoms with Crippen LogP contribution in [0.15, 0.2) is 53.0 Å². The van der Waals surface area contributed by atoms with E-state index in [0.717, 1.165) is 4.47 Å². The first-order chi connectivity index (χ1) is 12.1. The number of anilines is 1. The Bertz CT molecular complexity index is 803. The van der Waals surface area contributed by atoms with Crippen molar-refractivity contribution in [2.45, 2.75) is 6.42 Å². The number of halogens is 1. The highest BCUT2D eigenvalue weighted by molar-refractivity contribution is 9.10. The number of nitrogens with zero attached hydrogens (tertiary/aromatic N) is 1. The second-order valence-corrected chi connectivity index (χ2v) is 6.47. The van der Waals surface area contributed by atoms with Crippen molar-refractivity contribution < 1.29 is 14.4 Å². The second-order valence-electron chi connectivity index (χ2n) is 5.55. The summed E-state index contributed by atoms with van der Waals surface area (Å²) in [6.07, 6.45) is 0.484. The van der Waals surface area contributed by atoms with Crippen LogP contribution in [0.3, 0.4) is 0 Å². The number of nitrogens with one attached hydrogen (secondary N) is 2. The fourth-order valence-corrected chi connectivity index (χ4v) is 3.02. The molecular formula is C18H16BrN3O3. The molecule has 128 valence electrons. The Labute approximate surface area is 153 Å². The lowest BCUT2D eigenvalue weighted by Crippen LogP contribution is -2.35. The number of carbonyl (C=O) groups excluding carboxylic acids is 3. The molecule has 3 rings (SSSR count). The molecule has 0 saturated carbocycles. The Morgan fingerprint density at radius 2 is 1.68 bits per heavy atom. The first-order valence-corrected chi connectivity index (χ1v) is 8.61. The highest BCUT2D eigenvalue weighted by Gasteiger charge is 2.34. The van der Waals surface area contributed by atoms with E-state index in [1.54, 1.807) is 36.4 Å². The minimum absolute atomic E-state index is 0.267. The molecule has 0 radical (unpaired) electrons. The molecule has 0 aliphatic carbocycles. The van der Waals surface area contributed by atoms with Crippen LogP contribution in [0.4, 0.5) is 10.5 Å². The van der Waals surface area contributed by atoms with E-state index >= 15 is 0 Å². The quantitative estimate of drug-likeness (QED) is 0.595. The summed E-state index contributed by atoms with van der Waals surface area (Å²) < 4.78 is 0.871. The van der Waals surface area contributed by atoms with Gasteiger partial charge >= 0.3 is 6.03 Å². The highest BCUT2D eigenvalue weighted by atomic mass is 79.9. The largest absolute Gasteiger partial charge is 0.338 e. The van der Waals surface area contributed by atoms with Crippen LogP contribution in [0.2, 0.25) is 0 Å². The van der Waals surface area contributed by atoms with Gasteiger partial charge in [0, 0.05) is 23.2 Å². The summed E-state index contributed by atoms with van der Waals surface area (Å²) in [7, 11) is 0. The van der Waals surface area contributed by atoms with Crippen molar-refractivity contribution in [3.05, 3.63) is 64.1 Å². The maximum absolute atomic E-state index is 12.2. The lowest BCUT2D eigenvalue weighted by atomic mass is 10.1. The summed E-state index contributed by atoms with van der Waals surface area (Å²) in [5.74, 6) is -0.557. The maximum Gasteiger partial charge on any atom is 0.319 e. The van der Waals surface area contributed by atoms with Gasteiger partial charge in [-0.3, -0.25) is 14.5 Å². The molecule has 4 amide bonds. The molecule has 1 aliphatic rings. The topological polar surface area (TPSA) is 78.5 Å². The number of hydrogen-bond acceptors (Lipinski definition) is 3. The first-order valence-electron chi connectivity index (χ1n) is 7.82. The predicted molar refractivity (Wildman–Crippen MR) is 97.6 cm³/mol. The van der Waals surface area contributed by atoms with E-state index in [1.165, 1.54) is 4.90 Å². The smallest absolute Gasteiger partial charge is 0.319 e. The number of fused-ring (bicyclic) bond motifs is 1. The van der Waals surface area contributed by atoms with Crippen LogP contribution in [0, 0.1) is 0 Å². The van der Waals surface area contributed by atoms with Crippen molar-refractivity contribution in [1.82, 2.24) is 10.2 Å². The number of hydrogen-bond donors (Lipinski definition) is 2. The highest BCUT2D eigenvalue weighted by Crippen LogP contribution is 2.22. The summed E-state index contributed by atoms with van der Waals surface area (Å²) in [4.78, 5) is 37.5. The van der Waals surface area contributed by atoms with Gasteiger partial charge in [0.1, 0.15) is 0 Å². The molecule has 7 heteroatoms. The first kappa shape index (κ1) is 17.2. The van der Waals surface area contributed by atoms with Crippen LogP contribution in [-0.4, -0.2) is 35.8 Å². The number of carbonyl (C=O) groups is 3. The second kappa shape index (κ2) is 7.48. The standard InChI is InChI=1S/C18H16BrN3O3/c19-12-5-3-6-13(11-12)21-18(25)20-9-4-10-22-16(23)14-7-1-2-8-15(14)17(22)24/h1-3,5-8,11H,4,9-10H2,(H2,20,21,25). The number of rotatable bonds is 5. The third kappa shape index (κ3) is 3.88. The summed E-state index contributed by atoms with van der Waals surface area (Å²) in [5, 5.41) is 5.43. The van der Waals surface area contributed by atoms with Gasteiger partial charge in [0.05, 0.1) is 11.1 Å². The van der Waals surface area contributed by atoms with Crippen molar-refractivity contribution in [3.8, 4) is 0 Å². The molecule has 1 heterocycles. The van der Waals surface area contributed by atoms with Crippen molar-refractivity contribution >= 4 is 39.5 Å². The molecule has 0 unspecified atom stereocenters. The van der Waals surface area contributed by atoms with Gasteiger partial charge in [0.25, 0.3) is 11.8 Å². The average molecular weight is 402 g/mol. The van der Waals surface area contributed by atoms with Gasteiger partial charge in [-0.1, -0.05) is 34.1 Å². The van der Waals surface area contributed by atoms with Crippen molar-refractivity contribution in [2.75, 3.05) is 18.4 Å². The van der Waals surface area contributed by atoms with Gasteiger partial charge in [0.15, 0.2) is 0 Å². The summed E-state index contributed by atoms with van der Waals surface area (Å²) in [6, 6.07) is 13.7. The minimum Gasteiger partial charge on any atom is -0.338 e. The fourth-order valence-electron chi connectivity index (χ4n) is 2.62. The van der Waals surface area contributed by atoms with Crippen LogP contribution in [0.1, 0.15) is 27.1 Å². The minimum atomic E-state index is -0.333. The Balaban J connectivity index is 1.45. The number of amides is 4. The third-order valence-electron chi connectivity index (χ3n) is 3.80. The van der Waals surface area contributed by atoms with E-state index in [-0.39, 0.29) is 24.4 Å². The zero-order valence-electron chi connectivity index (χ0n) is 13.3. The SMILES string of the molecule is O=C(NCCCN1C(=O)c2ccccc2C1=O)Nc1cccc(Br)c1. The van der Waals surface area contributed by atoms with E-state index < -0.39 is 0 Å².